The number of rotatable bonds is 1. The molecule has 0 heterocycles. The first-order valence-corrected chi connectivity index (χ1v) is 4.03. The monoisotopic (exact) mass is 155 g/mol. The summed E-state index contributed by atoms with van der Waals surface area (Å²) in [5.41, 5.74) is -0.225. The lowest BCUT2D eigenvalue weighted by Crippen LogP contribution is -2.25. The highest BCUT2D eigenvalue weighted by Gasteiger charge is 2.26. The summed E-state index contributed by atoms with van der Waals surface area (Å²) < 4.78 is 0. The first-order valence-electron chi connectivity index (χ1n) is 4.03. The fraction of sp³-hybridized carbons (Fsp3) is 0.800. The lowest BCUT2D eigenvalue weighted by molar-refractivity contribution is -0.123. The van der Waals surface area contributed by atoms with Gasteiger partial charge in [-0.15, -0.1) is 0 Å². The molecule has 1 heteroatoms. The predicted octanol–water partition coefficient (Wildman–Crippen LogP) is 2.85. The number of hydrogen-bond donors (Lipinski definition) is 0. The molecule has 0 aliphatic rings. The van der Waals surface area contributed by atoms with E-state index in [2.05, 4.69) is 0 Å². The summed E-state index contributed by atoms with van der Waals surface area (Å²) >= 11 is 0. The summed E-state index contributed by atoms with van der Waals surface area (Å²) in [6, 6.07) is 0. The summed E-state index contributed by atoms with van der Waals surface area (Å²) in [6.45, 7) is 11.9. The van der Waals surface area contributed by atoms with Crippen LogP contribution in [0, 0.1) is 17.3 Å². The van der Waals surface area contributed by atoms with Gasteiger partial charge >= 0.3 is 0 Å². The molecule has 0 bridgehead atoms. The third-order valence-corrected chi connectivity index (χ3v) is 1.30. The van der Waals surface area contributed by atoms with Crippen molar-refractivity contribution in [2.75, 3.05) is 0 Å². The van der Waals surface area contributed by atoms with E-state index in [-0.39, 0.29) is 16.6 Å². The molecule has 0 saturated heterocycles. The Bertz CT molecular complexity index is 143. The van der Waals surface area contributed by atoms with E-state index >= 15 is 0 Å². The molecule has 0 amide bonds. The minimum absolute atomic E-state index is 0.00433. The van der Waals surface area contributed by atoms with Gasteiger partial charge in [0, 0.05) is 11.8 Å². The topological polar surface area (TPSA) is 17.1 Å². The Morgan fingerprint density at radius 2 is 1.36 bits per heavy atom. The Labute approximate surface area is 70.2 Å². The molecular weight excluding hydrogens is 136 g/mol. The molecule has 0 rings (SSSR count). The van der Waals surface area contributed by atoms with Crippen LogP contribution in [0.3, 0.4) is 0 Å². The first kappa shape index (κ1) is 10.7. The third-order valence-electron chi connectivity index (χ3n) is 1.30. The largest absolute Gasteiger partial charge is 0.299 e. The fourth-order valence-electron chi connectivity index (χ4n) is 0.610. The average molecular weight is 155 g/mol. The summed E-state index contributed by atoms with van der Waals surface area (Å²) in [7, 11) is 0. The smallest absolute Gasteiger partial charge is 0.142 e. The van der Waals surface area contributed by atoms with E-state index in [9.17, 15) is 4.79 Å². The zero-order valence-electron chi connectivity index (χ0n) is 8.49. The Kier molecular flexibility index (Phi) is 2.87. The molecule has 0 aromatic carbocycles. The van der Waals surface area contributed by atoms with Gasteiger partial charge in [-0.05, 0) is 5.41 Å². The number of hydrogen-bond acceptors (Lipinski definition) is 1. The summed E-state index contributed by atoms with van der Waals surface area (Å²) in [5, 5.41) is 0. The number of Topliss-reactive ketones (excluding diaryl/α,β-unsaturated/α-hetero) is 1. The van der Waals surface area contributed by atoms with Crippen LogP contribution < -0.4 is 0 Å². The number of ketones is 1. The van der Waals surface area contributed by atoms with E-state index in [1.165, 1.54) is 0 Å². The zero-order valence-corrected chi connectivity index (χ0v) is 8.49. The summed E-state index contributed by atoms with van der Waals surface area (Å²) in [4.78, 5) is 11.4. The second-order valence-corrected chi connectivity index (χ2v) is 5.12. The zero-order chi connectivity index (χ0) is 9.28. The van der Waals surface area contributed by atoms with Crippen molar-refractivity contribution in [1.82, 2.24) is 0 Å². The summed E-state index contributed by atoms with van der Waals surface area (Å²) in [6.07, 6.45) is 1.80. The normalized spacial score (nSPS) is 13.3. The molecule has 1 nitrogen and oxygen atoms in total. The van der Waals surface area contributed by atoms with Gasteiger partial charge in [0.05, 0.1) is 0 Å². The van der Waals surface area contributed by atoms with Crippen molar-refractivity contribution < 1.29 is 4.79 Å². The SMILES string of the molecule is CC(C)(C)[CH]C(=O)C(C)(C)C. The molecule has 0 N–H and O–H groups in total. The van der Waals surface area contributed by atoms with Crippen molar-refractivity contribution >= 4 is 5.78 Å². The lowest BCUT2D eigenvalue weighted by atomic mass is 9.80. The van der Waals surface area contributed by atoms with Crippen LogP contribution in [-0.2, 0) is 4.79 Å². The maximum atomic E-state index is 11.4. The van der Waals surface area contributed by atoms with Crippen molar-refractivity contribution in [1.29, 1.82) is 0 Å². The van der Waals surface area contributed by atoms with Crippen LogP contribution in [-0.4, -0.2) is 5.78 Å². The van der Waals surface area contributed by atoms with Crippen LogP contribution in [0.1, 0.15) is 41.5 Å². The Morgan fingerprint density at radius 1 is 1.00 bits per heavy atom. The van der Waals surface area contributed by atoms with Gasteiger partial charge in [-0.1, -0.05) is 41.5 Å². The molecule has 0 aromatic heterocycles. The quantitative estimate of drug-likeness (QED) is 0.569. The standard InChI is InChI=1S/C10H19O/c1-9(2,3)7-8(11)10(4,5)6/h7H,1-6H3. The number of carbonyl (C=O) groups excluding carboxylic acids is 1. The molecule has 1 radical (unpaired) electrons. The van der Waals surface area contributed by atoms with Crippen molar-refractivity contribution in [3.63, 3.8) is 0 Å². The average Bonchev–Trinajstić information content (AvgIpc) is 1.56. The highest BCUT2D eigenvalue weighted by molar-refractivity contribution is 5.92. The maximum Gasteiger partial charge on any atom is 0.142 e. The first-order chi connectivity index (χ1) is 4.63. The van der Waals surface area contributed by atoms with Crippen LogP contribution in [0.4, 0.5) is 0 Å². The van der Waals surface area contributed by atoms with Gasteiger partial charge in [0.1, 0.15) is 5.78 Å². The van der Waals surface area contributed by atoms with Crippen molar-refractivity contribution in [3.8, 4) is 0 Å². The van der Waals surface area contributed by atoms with E-state index in [0.717, 1.165) is 0 Å². The predicted molar refractivity (Wildman–Crippen MR) is 48.2 cm³/mol. The van der Waals surface area contributed by atoms with Crippen LogP contribution in [0.15, 0.2) is 0 Å². The van der Waals surface area contributed by atoms with Gasteiger partial charge in [0.25, 0.3) is 0 Å². The molecule has 0 unspecified atom stereocenters. The Balaban J connectivity index is 4.11. The van der Waals surface area contributed by atoms with Crippen LogP contribution in [0.2, 0.25) is 0 Å². The third kappa shape index (κ3) is 5.00. The lowest BCUT2D eigenvalue weighted by Gasteiger charge is -2.23. The van der Waals surface area contributed by atoms with Crippen molar-refractivity contribution in [2.45, 2.75) is 41.5 Å². The minimum atomic E-state index is -0.229. The van der Waals surface area contributed by atoms with Gasteiger partial charge in [0.15, 0.2) is 0 Å². The van der Waals surface area contributed by atoms with Gasteiger partial charge in [0.2, 0.25) is 0 Å². The Morgan fingerprint density at radius 3 is 1.45 bits per heavy atom. The molecule has 0 spiro atoms. The molecule has 11 heavy (non-hydrogen) atoms. The fourth-order valence-corrected chi connectivity index (χ4v) is 0.610. The van der Waals surface area contributed by atoms with E-state index in [0.29, 0.717) is 0 Å². The molecule has 0 atom stereocenters. The van der Waals surface area contributed by atoms with Crippen molar-refractivity contribution in [3.05, 3.63) is 6.42 Å². The van der Waals surface area contributed by atoms with Crippen LogP contribution in [0.5, 0.6) is 0 Å². The maximum absolute atomic E-state index is 11.4. The van der Waals surface area contributed by atoms with E-state index in [1.807, 2.05) is 41.5 Å². The van der Waals surface area contributed by atoms with Crippen molar-refractivity contribution in [2.24, 2.45) is 10.8 Å². The van der Waals surface area contributed by atoms with E-state index in [1.54, 1.807) is 6.42 Å². The molecule has 0 fully saturated rings. The number of carbonyl (C=O) groups is 1. The Hall–Kier alpha value is -0.330. The molecule has 0 saturated carbocycles. The van der Waals surface area contributed by atoms with Gasteiger partial charge in [-0.2, -0.15) is 0 Å². The molecule has 65 valence electrons. The van der Waals surface area contributed by atoms with Crippen LogP contribution >= 0.6 is 0 Å². The van der Waals surface area contributed by atoms with Gasteiger partial charge in [-0.3, -0.25) is 4.79 Å². The molecular formula is C10H19O. The summed E-state index contributed by atoms with van der Waals surface area (Å²) in [5.74, 6) is 0.227. The molecule has 0 aliphatic heterocycles. The van der Waals surface area contributed by atoms with E-state index in [4.69, 9.17) is 0 Å². The van der Waals surface area contributed by atoms with E-state index < -0.39 is 0 Å². The molecule has 0 aromatic rings. The molecule has 0 aliphatic carbocycles. The minimum Gasteiger partial charge on any atom is -0.299 e. The van der Waals surface area contributed by atoms with Gasteiger partial charge in [-0.25, -0.2) is 0 Å². The highest BCUT2D eigenvalue weighted by atomic mass is 16.1. The second-order valence-electron chi connectivity index (χ2n) is 5.12. The van der Waals surface area contributed by atoms with Gasteiger partial charge < -0.3 is 0 Å². The second kappa shape index (κ2) is 2.96. The van der Waals surface area contributed by atoms with Crippen LogP contribution in [0.25, 0.3) is 0 Å². The highest BCUT2D eigenvalue weighted by Crippen LogP contribution is 2.25.